The second-order valence-electron chi connectivity index (χ2n) is 7.45. The smallest absolute Gasteiger partial charge is 0.257 e. The SMILES string of the molecule is CC(=O)NC(Cc1c[nH]c2ccccc12)C(=O)N1CCN(C(=O)c2ccoc2)CC1. The Labute approximate surface area is 173 Å². The number of nitrogens with zero attached hydrogens (tertiary/aromatic N) is 2. The Morgan fingerprint density at radius 1 is 1.10 bits per heavy atom. The minimum absolute atomic E-state index is 0.104. The van der Waals surface area contributed by atoms with Gasteiger partial charge in [-0.25, -0.2) is 0 Å². The molecule has 1 aliphatic rings. The molecule has 30 heavy (non-hydrogen) atoms. The summed E-state index contributed by atoms with van der Waals surface area (Å²) in [6.45, 7) is 3.14. The lowest BCUT2D eigenvalue weighted by molar-refractivity contribution is -0.137. The van der Waals surface area contributed by atoms with Crippen molar-refractivity contribution < 1.29 is 18.8 Å². The second-order valence-corrected chi connectivity index (χ2v) is 7.45. The van der Waals surface area contributed by atoms with Crippen molar-refractivity contribution in [3.63, 3.8) is 0 Å². The van der Waals surface area contributed by atoms with E-state index in [-0.39, 0.29) is 17.7 Å². The van der Waals surface area contributed by atoms with E-state index in [0.717, 1.165) is 16.5 Å². The molecular weight excluding hydrogens is 384 g/mol. The third kappa shape index (κ3) is 4.07. The number of hydrogen-bond donors (Lipinski definition) is 2. The van der Waals surface area contributed by atoms with Crippen molar-refractivity contribution >= 4 is 28.6 Å². The fourth-order valence-electron chi connectivity index (χ4n) is 3.88. The van der Waals surface area contributed by atoms with Gasteiger partial charge in [-0.3, -0.25) is 14.4 Å². The molecule has 1 aromatic carbocycles. The summed E-state index contributed by atoms with van der Waals surface area (Å²) in [5.74, 6) is -0.485. The number of para-hydroxylation sites is 1. The van der Waals surface area contributed by atoms with Gasteiger partial charge in [0.15, 0.2) is 0 Å². The number of amides is 3. The molecule has 1 fully saturated rings. The fourth-order valence-corrected chi connectivity index (χ4v) is 3.88. The summed E-state index contributed by atoms with van der Waals surface area (Å²) in [5.41, 5.74) is 2.48. The van der Waals surface area contributed by atoms with E-state index in [1.54, 1.807) is 15.9 Å². The van der Waals surface area contributed by atoms with Crippen molar-refractivity contribution in [1.82, 2.24) is 20.1 Å². The van der Waals surface area contributed by atoms with Gasteiger partial charge in [0.05, 0.1) is 11.8 Å². The molecule has 1 unspecified atom stereocenters. The number of carbonyl (C=O) groups is 3. The number of nitrogens with one attached hydrogen (secondary N) is 2. The van der Waals surface area contributed by atoms with Crippen LogP contribution in [-0.2, 0) is 16.0 Å². The molecular formula is C22H24N4O4. The molecule has 0 bridgehead atoms. The Kier molecular flexibility index (Phi) is 5.56. The number of aromatic amines is 1. The molecule has 156 valence electrons. The van der Waals surface area contributed by atoms with Crippen LogP contribution in [0.15, 0.2) is 53.5 Å². The van der Waals surface area contributed by atoms with E-state index in [0.29, 0.717) is 38.2 Å². The standard InChI is InChI=1S/C22H24N4O4/c1-15(27)24-20(12-17-13-23-19-5-3-2-4-18(17)19)22(29)26-9-7-25(8-10-26)21(28)16-6-11-30-14-16/h2-6,11,13-14,20,23H,7-10,12H2,1H3,(H,24,27). The third-order valence-electron chi connectivity index (χ3n) is 5.42. The lowest BCUT2D eigenvalue weighted by Crippen LogP contribution is -2.56. The lowest BCUT2D eigenvalue weighted by atomic mass is 10.0. The second kappa shape index (κ2) is 8.44. The number of hydrogen-bond acceptors (Lipinski definition) is 4. The monoisotopic (exact) mass is 408 g/mol. The summed E-state index contributed by atoms with van der Waals surface area (Å²) in [7, 11) is 0. The Hall–Kier alpha value is -3.55. The molecule has 2 aromatic heterocycles. The zero-order valence-electron chi connectivity index (χ0n) is 16.8. The number of benzene rings is 1. The predicted molar refractivity (Wildman–Crippen MR) is 111 cm³/mol. The third-order valence-corrected chi connectivity index (χ3v) is 5.42. The van der Waals surface area contributed by atoms with Gasteiger partial charge in [-0.1, -0.05) is 18.2 Å². The van der Waals surface area contributed by atoms with Crippen molar-refractivity contribution in [2.24, 2.45) is 0 Å². The Morgan fingerprint density at radius 2 is 1.83 bits per heavy atom. The molecule has 3 aromatic rings. The maximum atomic E-state index is 13.2. The quantitative estimate of drug-likeness (QED) is 0.672. The number of carbonyl (C=O) groups excluding carboxylic acids is 3. The van der Waals surface area contributed by atoms with Crippen molar-refractivity contribution in [2.45, 2.75) is 19.4 Å². The maximum Gasteiger partial charge on any atom is 0.257 e. The summed E-state index contributed by atoms with van der Waals surface area (Å²) >= 11 is 0. The van der Waals surface area contributed by atoms with Crippen LogP contribution in [0.25, 0.3) is 10.9 Å². The first-order valence-electron chi connectivity index (χ1n) is 9.95. The number of furan rings is 1. The number of piperazine rings is 1. The first-order chi connectivity index (χ1) is 14.5. The summed E-state index contributed by atoms with van der Waals surface area (Å²) in [6, 6.07) is 8.85. The van der Waals surface area contributed by atoms with Gasteiger partial charge in [-0.15, -0.1) is 0 Å². The summed E-state index contributed by atoms with van der Waals surface area (Å²) in [4.78, 5) is 44.0. The molecule has 0 radical (unpaired) electrons. The molecule has 1 atom stereocenters. The normalized spacial score (nSPS) is 15.2. The van der Waals surface area contributed by atoms with Gasteiger partial charge in [0.25, 0.3) is 5.91 Å². The molecule has 0 aliphatic carbocycles. The summed E-state index contributed by atoms with van der Waals surface area (Å²) < 4.78 is 4.98. The van der Waals surface area contributed by atoms with Gasteiger partial charge >= 0.3 is 0 Å². The average molecular weight is 408 g/mol. The van der Waals surface area contributed by atoms with E-state index < -0.39 is 6.04 Å². The zero-order chi connectivity index (χ0) is 21.1. The number of rotatable bonds is 5. The van der Waals surface area contributed by atoms with E-state index in [2.05, 4.69) is 10.3 Å². The lowest BCUT2D eigenvalue weighted by Gasteiger charge is -2.36. The highest BCUT2D eigenvalue weighted by atomic mass is 16.3. The minimum Gasteiger partial charge on any atom is -0.472 e. The Bertz CT molecular complexity index is 1050. The van der Waals surface area contributed by atoms with Gasteiger partial charge in [0, 0.05) is 56.6 Å². The molecule has 3 heterocycles. The molecule has 0 spiro atoms. The molecule has 2 N–H and O–H groups in total. The van der Waals surface area contributed by atoms with Crippen LogP contribution in [0.1, 0.15) is 22.8 Å². The largest absolute Gasteiger partial charge is 0.472 e. The molecule has 4 rings (SSSR count). The number of fused-ring (bicyclic) bond motifs is 1. The van der Waals surface area contributed by atoms with Crippen molar-refractivity contribution in [2.75, 3.05) is 26.2 Å². The van der Waals surface area contributed by atoms with Gasteiger partial charge in [-0.05, 0) is 17.7 Å². The summed E-state index contributed by atoms with van der Waals surface area (Å²) in [5, 5.41) is 3.84. The molecule has 1 saturated heterocycles. The van der Waals surface area contributed by atoms with Crippen LogP contribution in [0.2, 0.25) is 0 Å². The van der Waals surface area contributed by atoms with Crippen LogP contribution < -0.4 is 5.32 Å². The first kappa shape index (κ1) is 19.8. The van der Waals surface area contributed by atoms with E-state index in [1.165, 1.54) is 19.5 Å². The Balaban J connectivity index is 1.44. The highest BCUT2D eigenvalue weighted by Gasteiger charge is 2.30. The van der Waals surface area contributed by atoms with E-state index >= 15 is 0 Å². The van der Waals surface area contributed by atoms with Crippen LogP contribution in [0.3, 0.4) is 0 Å². The molecule has 0 saturated carbocycles. The van der Waals surface area contributed by atoms with Crippen molar-refractivity contribution in [3.05, 3.63) is 60.2 Å². The molecule has 1 aliphatic heterocycles. The molecule has 8 nitrogen and oxygen atoms in total. The van der Waals surface area contributed by atoms with Gasteiger partial charge in [0.1, 0.15) is 12.3 Å². The number of aromatic nitrogens is 1. The van der Waals surface area contributed by atoms with Crippen molar-refractivity contribution in [3.8, 4) is 0 Å². The topological polar surface area (TPSA) is 98.6 Å². The first-order valence-corrected chi connectivity index (χ1v) is 9.95. The fraction of sp³-hybridized carbons (Fsp3) is 0.318. The maximum absolute atomic E-state index is 13.2. The highest BCUT2D eigenvalue weighted by Crippen LogP contribution is 2.20. The Morgan fingerprint density at radius 3 is 2.53 bits per heavy atom. The van der Waals surface area contributed by atoms with Crippen LogP contribution in [0.5, 0.6) is 0 Å². The summed E-state index contributed by atoms with van der Waals surface area (Å²) in [6.07, 6.45) is 5.18. The predicted octanol–water partition coefficient (Wildman–Crippen LogP) is 1.79. The van der Waals surface area contributed by atoms with E-state index in [4.69, 9.17) is 4.42 Å². The van der Waals surface area contributed by atoms with Crippen LogP contribution in [0.4, 0.5) is 0 Å². The minimum atomic E-state index is -0.655. The molecule has 8 heteroatoms. The van der Waals surface area contributed by atoms with Gasteiger partial charge in [0.2, 0.25) is 11.8 Å². The van der Waals surface area contributed by atoms with Crippen LogP contribution in [-0.4, -0.2) is 64.7 Å². The van der Waals surface area contributed by atoms with Crippen LogP contribution >= 0.6 is 0 Å². The highest BCUT2D eigenvalue weighted by molar-refractivity contribution is 5.94. The zero-order valence-corrected chi connectivity index (χ0v) is 16.8. The average Bonchev–Trinajstić information content (AvgIpc) is 3.43. The van der Waals surface area contributed by atoms with E-state index in [1.807, 2.05) is 30.5 Å². The van der Waals surface area contributed by atoms with E-state index in [9.17, 15) is 14.4 Å². The van der Waals surface area contributed by atoms with Gasteiger partial charge < -0.3 is 24.5 Å². The van der Waals surface area contributed by atoms with Crippen LogP contribution in [0, 0.1) is 0 Å². The van der Waals surface area contributed by atoms with Gasteiger partial charge in [-0.2, -0.15) is 0 Å². The molecule has 3 amide bonds. The van der Waals surface area contributed by atoms with Crippen molar-refractivity contribution in [1.29, 1.82) is 0 Å². The number of H-pyrrole nitrogens is 1.